The lowest BCUT2D eigenvalue weighted by Crippen LogP contribution is -1.96. The van der Waals surface area contributed by atoms with E-state index in [2.05, 4.69) is 497 Å². The van der Waals surface area contributed by atoms with E-state index in [4.69, 9.17) is 29.9 Å². The topological polar surface area (TPSA) is 77.3 Å². The first kappa shape index (κ1) is 82.5. The maximum absolute atomic E-state index is 5.50. The standard InChI is InChI=1S/C46H30N2S.2C40H26N2S/c1-5-15-31(16-6-1)35-25-36(32-17-7-2-8-18-32)28-39(27-35)44-43-41-23-13-14-24-42(41)49-46(43)48-45(47-44)40-29-37(33-19-9-3-10-20-33)26-38(30-40)34-21-11-4-12-22-34;1-4-13-27(14-5-1)30-19-12-20-31(23-30)38-37-35-21-10-11-22-36(35)43-40(37)42-39(41-38)34-25-32(28-15-6-2-7-16-28)24-33(26-34)29-17-8-3-9-18-29;1-4-12-27(13-5-1)30-20-22-31(23-21-30)38-37-35-18-10-11-19-36(35)43-40(37)42-39(41-38)34-25-32(28-14-6-2-7-15-28)24-33(26-34)29-16-8-3-9-17-29/h1-30H;2*1-26H. The highest BCUT2D eigenvalue weighted by atomic mass is 32.1. The summed E-state index contributed by atoms with van der Waals surface area (Å²) in [5, 5.41) is 6.88. The zero-order valence-electron chi connectivity index (χ0n) is 73.3. The molecule has 25 aromatic rings. The van der Waals surface area contributed by atoms with Crippen molar-refractivity contribution in [2.75, 3.05) is 0 Å². The van der Waals surface area contributed by atoms with Gasteiger partial charge in [0.05, 0.1) is 17.1 Å². The zero-order chi connectivity index (χ0) is 89.8. The minimum Gasteiger partial charge on any atom is -0.227 e. The second kappa shape index (κ2) is 37.1. The molecule has 0 aliphatic heterocycles. The molecule has 6 nitrogen and oxygen atoms in total. The van der Waals surface area contributed by atoms with E-state index >= 15 is 0 Å². The predicted molar refractivity (Wildman–Crippen MR) is 572 cm³/mol. The van der Waals surface area contributed by atoms with E-state index in [1.165, 1.54) is 85.9 Å². The van der Waals surface area contributed by atoms with Crippen LogP contribution in [0.4, 0.5) is 0 Å². The van der Waals surface area contributed by atoms with Crippen LogP contribution < -0.4 is 0 Å². The number of hydrogen-bond donors (Lipinski definition) is 0. The summed E-state index contributed by atoms with van der Waals surface area (Å²) in [7, 11) is 0. The van der Waals surface area contributed by atoms with Crippen LogP contribution in [-0.2, 0) is 0 Å². The number of nitrogens with zero attached hydrogens (tertiary/aromatic N) is 6. The molecular formula is C126H82N6S3. The molecule has 0 unspecified atom stereocenters. The SMILES string of the molecule is c1ccc(-c2cc(-c3ccccc3)cc(-c3nc(-c4cc(-c5ccccc5)cc(-c5ccccc5)c4)c4c(n3)sc3ccccc34)c2)cc1.c1ccc(-c2cc(-c3ccccc3)cc(-c3nc(-c4cccc(-c5ccccc5)c4)c4c(n3)sc3ccccc34)c2)cc1.c1ccc(-c2ccc(-c3nc(-c4cc(-c5ccccc5)cc(-c5ccccc5)c4)nc4sc5ccccc5c34)cc2)cc1. The third-order valence-electron chi connectivity index (χ3n) is 24.9. The molecule has 19 aromatic carbocycles. The third-order valence-corrected chi connectivity index (χ3v) is 28.1. The summed E-state index contributed by atoms with van der Waals surface area (Å²) in [5.41, 5.74) is 32.3. The second-order valence-electron chi connectivity index (χ2n) is 33.5. The minimum absolute atomic E-state index is 0.718. The van der Waals surface area contributed by atoms with Crippen LogP contribution in [0.5, 0.6) is 0 Å². The third kappa shape index (κ3) is 17.2. The van der Waals surface area contributed by atoms with Gasteiger partial charge in [-0.25, -0.2) is 29.9 Å². The average Bonchev–Trinajstić information content (AvgIpc) is 1.63. The maximum Gasteiger partial charge on any atom is 0.161 e. The molecule has 0 atom stereocenters. The highest BCUT2D eigenvalue weighted by Crippen LogP contribution is 2.48. The first-order valence-corrected chi connectivity index (χ1v) is 47.8. The van der Waals surface area contributed by atoms with Gasteiger partial charge < -0.3 is 0 Å². The average molecular weight is 1780 g/mol. The van der Waals surface area contributed by atoms with Gasteiger partial charge in [0, 0.05) is 79.8 Å². The second-order valence-corrected chi connectivity index (χ2v) is 36.6. The molecule has 634 valence electrons. The van der Waals surface area contributed by atoms with E-state index in [1.54, 1.807) is 34.0 Å². The Morgan fingerprint density at radius 1 is 0.119 bits per heavy atom. The first-order chi connectivity index (χ1) is 66.9. The molecule has 0 radical (unpaired) electrons. The lowest BCUT2D eigenvalue weighted by atomic mass is 9.93. The monoisotopic (exact) mass is 1770 g/mol. The molecule has 25 rings (SSSR count). The minimum atomic E-state index is 0.718. The van der Waals surface area contributed by atoms with Gasteiger partial charge in [0.2, 0.25) is 0 Å². The van der Waals surface area contributed by atoms with Gasteiger partial charge in [0.1, 0.15) is 14.5 Å². The molecule has 0 aliphatic rings. The van der Waals surface area contributed by atoms with E-state index < -0.39 is 0 Å². The summed E-state index contributed by atoms with van der Waals surface area (Å²) in [5.74, 6) is 2.18. The van der Waals surface area contributed by atoms with Gasteiger partial charge in [-0.2, -0.15) is 0 Å². The maximum atomic E-state index is 5.50. The van der Waals surface area contributed by atoms with Crippen molar-refractivity contribution in [2.24, 2.45) is 0 Å². The summed E-state index contributed by atoms with van der Waals surface area (Å²) in [6.07, 6.45) is 0. The molecule has 9 heteroatoms. The lowest BCUT2D eigenvalue weighted by Gasteiger charge is -2.14. The summed E-state index contributed by atoms with van der Waals surface area (Å²) in [4.78, 5) is 34.9. The van der Waals surface area contributed by atoms with Gasteiger partial charge >= 0.3 is 0 Å². The van der Waals surface area contributed by atoms with Crippen molar-refractivity contribution in [2.45, 2.75) is 0 Å². The largest absolute Gasteiger partial charge is 0.227 e. The van der Waals surface area contributed by atoms with Crippen LogP contribution in [0.3, 0.4) is 0 Å². The van der Waals surface area contributed by atoms with Crippen LogP contribution in [-0.4, -0.2) is 29.9 Å². The highest BCUT2D eigenvalue weighted by molar-refractivity contribution is 7.26. The number of rotatable bonds is 16. The summed E-state index contributed by atoms with van der Waals surface area (Å²) < 4.78 is 3.64. The Morgan fingerprint density at radius 2 is 0.296 bits per heavy atom. The predicted octanol–water partition coefficient (Wildman–Crippen LogP) is 35.2. The zero-order valence-corrected chi connectivity index (χ0v) is 75.7. The normalized spacial score (nSPS) is 11.3. The summed E-state index contributed by atoms with van der Waals surface area (Å²) in [6.45, 7) is 0. The fourth-order valence-electron chi connectivity index (χ4n) is 18.2. The Hall–Kier alpha value is -16.9. The van der Waals surface area contributed by atoms with Crippen LogP contribution in [0.2, 0.25) is 0 Å². The Labute approximate surface area is 795 Å². The molecule has 0 spiro atoms. The van der Waals surface area contributed by atoms with Crippen LogP contribution in [0.15, 0.2) is 497 Å². The number of fused-ring (bicyclic) bond motifs is 9. The number of hydrogen-bond acceptors (Lipinski definition) is 9. The molecule has 135 heavy (non-hydrogen) atoms. The highest BCUT2D eigenvalue weighted by Gasteiger charge is 2.25. The van der Waals surface area contributed by atoms with Crippen LogP contribution in [0.1, 0.15) is 0 Å². The quantitative estimate of drug-likeness (QED) is 0.0959. The molecule has 0 saturated carbocycles. The van der Waals surface area contributed by atoms with Crippen LogP contribution in [0.25, 0.3) is 240 Å². The van der Waals surface area contributed by atoms with E-state index in [0.29, 0.717) is 0 Å². The van der Waals surface area contributed by atoms with E-state index in [-0.39, 0.29) is 0 Å². The smallest absolute Gasteiger partial charge is 0.161 e. The van der Waals surface area contributed by atoms with Crippen LogP contribution in [0, 0.1) is 0 Å². The molecule has 6 aromatic heterocycles. The molecule has 0 bridgehead atoms. The molecular weight excluding hydrogens is 1690 g/mol. The summed E-state index contributed by atoms with van der Waals surface area (Å²) >= 11 is 5.19. The Balaban J connectivity index is 0.000000114. The van der Waals surface area contributed by atoms with E-state index in [1.807, 2.05) is 0 Å². The van der Waals surface area contributed by atoms with Crippen molar-refractivity contribution in [1.82, 2.24) is 29.9 Å². The van der Waals surface area contributed by atoms with Crippen molar-refractivity contribution in [3.05, 3.63) is 497 Å². The van der Waals surface area contributed by atoms with Crippen molar-refractivity contribution in [3.63, 3.8) is 0 Å². The molecule has 0 aliphatic carbocycles. The molecule has 0 N–H and O–H groups in total. The van der Waals surface area contributed by atoms with Crippen molar-refractivity contribution >= 4 is 94.9 Å². The van der Waals surface area contributed by atoms with E-state index in [9.17, 15) is 0 Å². The van der Waals surface area contributed by atoms with Crippen molar-refractivity contribution < 1.29 is 0 Å². The number of aromatic nitrogens is 6. The van der Waals surface area contributed by atoms with Gasteiger partial charge in [-0.15, -0.1) is 34.0 Å². The lowest BCUT2D eigenvalue weighted by molar-refractivity contribution is 1.24. The molecule has 0 saturated heterocycles. The Bertz CT molecular complexity index is 8370. The van der Waals surface area contributed by atoms with Gasteiger partial charge in [0.15, 0.2) is 17.5 Å². The summed E-state index contributed by atoms with van der Waals surface area (Å²) in [6, 6.07) is 176. The van der Waals surface area contributed by atoms with Crippen molar-refractivity contribution in [1.29, 1.82) is 0 Å². The molecule has 6 heterocycles. The van der Waals surface area contributed by atoms with Gasteiger partial charge in [0.25, 0.3) is 0 Å². The number of benzene rings is 19. The Morgan fingerprint density at radius 3 is 0.570 bits per heavy atom. The van der Waals surface area contributed by atoms with Gasteiger partial charge in [-0.3, -0.25) is 0 Å². The molecule has 0 fully saturated rings. The van der Waals surface area contributed by atoms with Crippen LogP contribution >= 0.6 is 34.0 Å². The fourth-order valence-corrected chi connectivity index (χ4v) is 21.5. The van der Waals surface area contributed by atoms with E-state index in [0.717, 1.165) is 154 Å². The molecule has 0 amide bonds. The number of thiophene rings is 3. The van der Waals surface area contributed by atoms with Crippen molar-refractivity contribution in [3.8, 4) is 179 Å². The Kier molecular flexibility index (Phi) is 22.7. The van der Waals surface area contributed by atoms with Gasteiger partial charge in [-0.1, -0.05) is 400 Å². The fraction of sp³-hybridized carbons (Fsp3) is 0. The first-order valence-electron chi connectivity index (χ1n) is 45.3. The van der Waals surface area contributed by atoms with Gasteiger partial charge in [-0.05, 0) is 208 Å².